The third kappa shape index (κ3) is 5.82. The first-order chi connectivity index (χ1) is 16.7. The zero-order chi connectivity index (χ0) is 25.0. The van der Waals surface area contributed by atoms with Crippen LogP contribution < -0.4 is 10.6 Å². The van der Waals surface area contributed by atoms with Crippen LogP contribution in [0.3, 0.4) is 0 Å². The van der Waals surface area contributed by atoms with Gasteiger partial charge in [-0.2, -0.15) is 0 Å². The highest BCUT2D eigenvalue weighted by atomic mass is 16.5. The minimum Gasteiger partial charge on any atom is -0.481 e. The number of carbonyl (C=O) groups excluding carboxylic acids is 2. The van der Waals surface area contributed by atoms with E-state index in [1.807, 2.05) is 24.3 Å². The van der Waals surface area contributed by atoms with Gasteiger partial charge in [-0.3, -0.25) is 9.59 Å². The van der Waals surface area contributed by atoms with Crippen molar-refractivity contribution in [2.45, 2.75) is 50.7 Å². The Hall–Kier alpha value is -3.39. The number of ether oxygens (including phenoxy) is 2. The average molecular weight is 481 g/mol. The summed E-state index contributed by atoms with van der Waals surface area (Å²) in [5.74, 6) is -1.41. The summed E-state index contributed by atoms with van der Waals surface area (Å²) in [6.07, 6.45) is -0.320. The summed E-state index contributed by atoms with van der Waals surface area (Å²) in [7, 11) is 0. The summed E-state index contributed by atoms with van der Waals surface area (Å²) >= 11 is 0. The summed E-state index contributed by atoms with van der Waals surface area (Å²) in [5, 5.41) is 14.6. The number of carbonyl (C=O) groups is 3. The van der Waals surface area contributed by atoms with Crippen LogP contribution in [0.15, 0.2) is 48.5 Å². The quantitative estimate of drug-likeness (QED) is 0.504. The van der Waals surface area contributed by atoms with Gasteiger partial charge in [0.1, 0.15) is 12.7 Å². The maximum absolute atomic E-state index is 12.8. The molecule has 0 spiro atoms. The van der Waals surface area contributed by atoms with E-state index < -0.39 is 23.7 Å². The SMILES string of the molecule is CC(C)(CCC(=O)O)NC(=O)[C@H]1OCC[C@H]1CNC(=O)OCC1c2ccccc2-c2ccccc21. The number of amides is 2. The molecule has 0 radical (unpaired) electrons. The van der Waals surface area contributed by atoms with Gasteiger partial charge in [-0.1, -0.05) is 48.5 Å². The molecule has 4 rings (SSSR count). The third-order valence-corrected chi connectivity index (χ3v) is 6.75. The van der Waals surface area contributed by atoms with Gasteiger partial charge in [0.05, 0.1) is 0 Å². The molecule has 0 saturated carbocycles. The fourth-order valence-corrected chi connectivity index (χ4v) is 4.88. The van der Waals surface area contributed by atoms with E-state index in [1.165, 1.54) is 11.1 Å². The Morgan fingerprint density at radius 2 is 1.69 bits per heavy atom. The van der Waals surface area contributed by atoms with E-state index in [-0.39, 0.29) is 37.3 Å². The number of aliphatic carboxylic acids is 1. The van der Waals surface area contributed by atoms with Crippen LogP contribution >= 0.6 is 0 Å². The second-order valence-electron chi connectivity index (χ2n) is 9.81. The van der Waals surface area contributed by atoms with E-state index >= 15 is 0 Å². The molecule has 2 aromatic rings. The molecule has 1 heterocycles. The van der Waals surface area contributed by atoms with Crippen molar-refractivity contribution < 1.29 is 29.0 Å². The molecule has 0 aromatic heterocycles. The van der Waals surface area contributed by atoms with Crippen molar-refractivity contribution >= 4 is 18.0 Å². The van der Waals surface area contributed by atoms with Gasteiger partial charge in [-0.15, -0.1) is 0 Å². The first-order valence-corrected chi connectivity index (χ1v) is 12.0. The Labute approximate surface area is 205 Å². The van der Waals surface area contributed by atoms with E-state index in [2.05, 4.69) is 34.9 Å². The summed E-state index contributed by atoms with van der Waals surface area (Å²) in [6.45, 7) is 4.47. The smallest absolute Gasteiger partial charge is 0.407 e. The maximum atomic E-state index is 12.8. The number of hydrogen-bond donors (Lipinski definition) is 3. The van der Waals surface area contributed by atoms with Crippen LogP contribution in [0.5, 0.6) is 0 Å². The Kier molecular flexibility index (Phi) is 7.40. The van der Waals surface area contributed by atoms with E-state index in [9.17, 15) is 14.4 Å². The molecule has 1 fully saturated rings. The van der Waals surface area contributed by atoms with Crippen LogP contribution in [0.25, 0.3) is 11.1 Å². The number of carboxylic acid groups (broad SMARTS) is 1. The number of hydrogen-bond acceptors (Lipinski definition) is 5. The number of benzene rings is 2. The first-order valence-electron chi connectivity index (χ1n) is 12.0. The third-order valence-electron chi connectivity index (χ3n) is 6.75. The summed E-state index contributed by atoms with van der Waals surface area (Å²) in [4.78, 5) is 36.1. The molecule has 35 heavy (non-hydrogen) atoms. The lowest BCUT2D eigenvalue weighted by Gasteiger charge is -2.28. The van der Waals surface area contributed by atoms with E-state index in [4.69, 9.17) is 14.6 Å². The molecule has 2 aromatic carbocycles. The summed E-state index contributed by atoms with van der Waals surface area (Å²) in [6, 6.07) is 16.3. The molecule has 0 unspecified atom stereocenters. The van der Waals surface area contributed by atoms with E-state index in [1.54, 1.807) is 13.8 Å². The molecule has 1 aliphatic carbocycles. The zero-order valence-corrected chi connectivity index (χ0v) is 20.1. The standard InChI is InChI=1S/C27H32N2O6/c1-27(2,13-11-23(30)31)29-25(32)24-17(12-14-34-24)15-28-26(33)35-16-22-20-9-5-3-7-18(20)19-8-4-6-10-21(19)22/h3-10,17,22,24H,11-16H2,1-2H3,(H,28,33)(H,29,32)(H,30,31)/t17-,24-/m0/s1. The van der Waals surface area contributed by atoms with Crippen molar-refractivity contribution in [1.82, 2.24) is 10.6 Å². The topological polar surface area (TPSA) is 114 Å². The van der Waals surface area contributed by atoms with Crippen LogP contribution in [-0.4, -0.2) is 54.5 Å². The molecule has 3 N–H and O–H groups in total. The normalized spacial score (nSPS) is 19.0. The second kappa shape index (κ2) is 10.5. The molecule has 8 heteroatoms. The molecule has 2 aliphatic rings. The molecular formula is C27H32N2O6. The molecule has 2 amide bonds. The van der Waals surface area contributed by atoms with Crippen molar-refractivity contribution in [3.05, 3.63) is 59.7 Å². The van der Waals surface area contributed by atoms with Crippen LogP contribution in [0.2, 0.25) is 0 Å². The van der Waals surface area contributed by atoms with Crippen molar-refractivity contribution in [3.8, 4) is 11.1 Å². The summed E-state index contributed by atoms with van der Waals surface area (Å²) in [5.41, 5.74) is 3.95. The van der Waals surface area contributed by atoms with Gasteiger partial charge in [-0.25, -0.2) is 4.79 Å². The minimum atomic E-state index is -0.908. The average Bonchev–Trinajstić information content (AvgIpc) is 3.43. The second-order valence-corrected chi connectivity index (χ2v) is 9.81. The van der Waals surface area contributed by atoms with Crippen LogP contribution in [-0.2, 0) is 19.1 Å². The minimum absolute atomic E-state index is 0.0190. The van der Waals surface area contributed by atoms with E-state index in [0.717, 1.165) is 11.1 Å². The van der Waals surface area contributed by atoms with Crippen molar-refractivity contribution in [1.29, 1.82) is 0 Å². The van der Waals surface area contributed by atoms with Crippen molar-refractivity contribution in [2.75, 3.05) is 19.8 Å². The van der Waals surface area contributed by atoms with Gasteiger partial charge in [0.15, 0.2) is 0 Å². The van der Waals surface area contributed by atoms with Gasteiger partial charge in [0.2, 0.25) is 5.91 Å². The number of nitrogens with one attached hydrogen (secondary N) is 2. The number of fused-ring (bicyclic) bond motifs is 3. The molecule has 8 nitrogen and oxygen atoms in total. The molecule has 1 saturated heterocycles. The highest BCUT2D eigenvalue weighted by Gasteiger charge is 2.37. The predicted octanol–water partition coefficient (Wildman–Crippen LogP) is 3.69. The fourth-order valence-electron chi connectivity index (χ4n) is 4.88. The molecular weight excluding hydrogens is 448 g/mol. The van der Waals surface area contributed by atoms with Gasteiger partial charge in [-0.05, 0) is 48.9 Å². The largest absolute Gasteiger partial charge is 0.481 e. The number of carboxylic acids is 1. The van der Waals surface area contributed by atoms with Crippen LogP contribution in [0, 0.1) is 5.92 Å². The van der Waals surface area contributed by atoms with Crippen molar-refractivity contribution in [3.63, 3.8) is 0 Å². The zero-order valence-electron chi connectivity index (χ0n) is 20.1. The van der Waals surface area contributed by atoms with Gasteiger partial charge in [0.25, 0.3) is 0 Å². The van der Waals surface area contributed by atoms with Crippen LogP contribution in [0.4, 0.5) is 4.79 Å². The summed E-state index contributed by atoms with van der Waals surface area (Å²) < 4.78 is 11.2. The Morgan fingerprint density at radius 3 is 2.31 bits per heavy atom. The fraction of sp³-hybridized carbons (Fsp3) is 0.444. The molecule has 186 valence electrons. The van der Waals surface area contributed by atoms with Crippen molar-refractivity contribution in [2.24, 2.45) is 5.92 Å². The highest BCUT2D eigenvalue weighted by Crippen LogP contribution is 2.44. The number of rotatable bonds is 9. The Morgan fingerprint density at radius 1 is 1.06 bits per heavy atom. The molecule has 2 atom stereocenters. The maximum Gasteiger partial charge on any atom is 0.407 e. The molecule has 0 bridgehead atoms. The van der Waals surface area contributed by atoms with E-state index in [0.29, 0.717) is 19.4 Å². The highest BCUT2D eigenvalue weighted by molar-refractivity contribution is 5.82. The molecule has 1 aliphatic heterocycles. The number of alkyl carbamates (subject to hydrolysis) is 1. The van der Waals surface area contributed by atoms with Gasteiger partial charge >= 0.3 is 12.1 Å². The van der Waals surface area contributed by atoms with Gasteiger partial charge < -0.3 is 25.2 Å². The lowest BCUT2D eigenvalue weighted by Crippen LogP contribution is -2.50. The van der Waals surface area contributed by atoms with Crippen LogP contribution in [0.1, 0.15) is 50.2 Å². The van der Waals surface area contributed by atoms with Gasteiger partial charge in [0, 0.05) is 36.9 Å². The monoisotopic (exact) mass is 480 g/mol. The first kappa shape index (κ1) is 24.7. The predicted molar refractivity (Wildman–Crippen MR) is 130 cm³/mol. The lowest BCUT2D eigenvalue weighted by atomic mass is 9.95. The Balaban J connectivity index is 1.29. The lowest BCUT2D eigenvalue weighted by molar-refractivity contribution is -0.138. The Bertz CT molecular complexity index is 1050.